The molecular weight excluding hydrogens is 300 g/mol. The van der Waals surface area contributed by atoms with Gasteiger partial charge >= 0.3 is 0 Å². The Hall–Kier alpha value is -1.69. The summed E-state index contributed by atoms with van der Waals surface area (Å²) in [6, 6.07) is 5.58. The van der Waals surface area contributed by atoms with E-state index in [1.165, 1.54) is 12.8 Å². The van der Waals surface area contributed by atoms with Crippen LogP contribution in [0, 0.1) is 12.8 Å². The molecule has 0 bridgehead atoms. The summed E-state index contributed by atoms with van der Waals surface area (Å²) in [6.45, 7) is 3.19. The molecule has 1 saturated heterocycles. The molecule has 2 N–H and O–H groups in total. The number of benzene rings is 1. The molecule has 1 aromatic rings. The first kappa shape index (κ1) is 15.2. The Labute approximate surface area is 134 Å². The Balaban J connectivity index is 1.58. The number of thioether (sulfide) groups is 1. The number of hydrogen-bond acceptors (Lipinski definition) is 4. The van der Waals surface area contributed by atoms with Gasteiger partial charge in [0.05, 0.1) is 6.61 Å². The maximum absolute atomic E-state index is 12.0. The molecule has 1 atom stereocenters. The van der Waals surface area contributed by atoms with Crippen LogP contribution in [0.15, 0.2) is 18.2 Å². The number of aryl methyl sites for hydroxylation is 1. The number of amides is 2. The molecule has 1 aromatic carbocycles. The van der Waals surface area contributed by atoms with Gasteiger partial charge in [0.15, 0.2) is 0 Å². The number of rotatable bonds is 6. The zero-order valence-electron chi connectivity index (χ0n) is 12.6. The lowest BCUT2D eigenvalue weighted by molar-refractivity contribution is -0.122. The van der Waals surface area contributed by atoms with Crippen LogP contribution in [0.3, 0.4) is 0 Å². The molecule has 1 saturated carbocycles. The van der Waals surface area contributed by atoms with Crippen LogP contribution < -0.4 is 15.4 Å². The maximum Gasteiger partial charge on any atom is 0.279 e. The van der Waals surface area contributed by atoms with Gasteiger partial charge in [-0.05, 0) is 37.3 Å². The number of hydrogen-bond donors (Lipinski definition) is 2. The normalized spacial score (nSPS) is 20.6. The minimum absolute atomic E-state index is 0.135. The van der Waals surface area contributed by atoms with Crippen LogP contribution in [0.2, 0.25) is 0 Å². The van der Waals surface area contributed by atoms with Gasteiger partial charge in [-0.2, -0.15) is 0 Å². The molecular formula is C16H20N2O3S. The Morgan fingerprint density at radius 2 is 2.27 bits per heavy atom. The second kappa shape index (κ2) is 6.60. The molecule has 0 unspecified atom stereocenters. The number of ether oxygens (including phenoxy) is 1. The fourth-order valence-corrected chi connectivity index (χ4v) is 3.04. The fraction of sp³-hybridized carbons (Fsp3) is 0.500. The van der Waals surface area contributed by atoms with Crippen molar-refractivity contribution in [1.29, 1.82) is 0 Å². The summed E-state index contributed by atoms with van der Waals surface area (Å²) in [5.74, 6) is 1.88. The van der Waals surface area contributed by atoms with Crippen molar-refractivity contribution in [2.24, 2.45) is 5.92 Å². The third-order valence-corrected chi connectivity index (χ3v) is 4.72. The fourth-order valence-electron chi connectivity index (χ4n) is 2.27. The lowest BCUT2D eigenvalue weighted by atomic mass is 10.1. The molecule has 1 aliphatic heterocycles. The Morgan fingerprint density at radius 3 is 2.95 bits per heavy atom. The summed E-state index contributed by atoms with van der Waals surface area (Å²) in [5.41, 5.74) is 2.11. The molecule has 5 nitrogen and oxygen atoms in total. The van der Waals surface area contributed by atoms with E-state index in [2.05, 4.69) is 10.6 Å². The summed E-state index contributed by atoms with van der Waals surface area (Å²) in [6.07, 6.45) is 2.49. The van der Waals surface area contributed by atoms with E-state index < -0.39 is 6.04 Å². The minimum Gasteiger partial charge on any atom is -0.493 e. The zero-order chi connectivity index (χ0) is 15.5. The van der Waals surface area contributed by atoms with Crippen molar-refractivity contribution in [3.63, 3.8) is 0 Å². The molecule has 3 rings (SSSR count). The molecule has 0 radical (unpaired) electrons. The molecule has 2 fully saturated rings. The third kappa shape index (κ3) is 3.94. The van der Waals surface area contributed by atoms with Gasteiger partial charge in [0.2, 0.25) is 5.91 Å². The van der Waals surface area contributed by atoms with Crippen molar-refractivity contribution in [1.82, 2.24) is 10.6 Å². The largest absolute Gasteiger partial charge is 0.493 e. The molecule has 22 heavy (non-hydrogen) atoms. The van der Waals surface area contributed by atoms with Crippen LogP contribution in [0.1, 0.15) is 24.0 Å². The second-order valence-electron chi connectivity index (χ2n) is 5.88. The summed E-state index contributed by atoms with van der Waals surface area (Å²) in [7, 11) is 0. The van der Waals surface area contributed by atoms with Gasteiger partial charge < -0.3 is 15.4 Å². The van der Waals surface area contributed by atoms with Crippen LogP contribution in [0.4, 0.5) is 4.79 Å². The minimum atomic E-state index is -0.432. The van der Waals surface area contributed by atoms with Crippen molar-refractivity contribution in [3.8, 4) is 5.75 Å². The highest BCUT2D eigenvalue weighted by molar-refractivity contribution is 8.14. The number of carbonyl (C=O) groups excluding carboxylic acids is 2. The Bertz CT molecular complexity index is 587. The highest BCUT2D eigenvalue weighted by atomic mass is 32.2. The lowest BCUT2D eigenvalue weighted by Gasteiger charge is -2.14. The molecule has 1 heterocycles. The quantitative estimate of drug-likeness (QED) is 0.843. The average molecular weight is 320 g/mol. The smallest absolute Gasteiger partial charge is 0.279 e. The van der Waals surface area contributed by atoms with Crippen molar-refractivity contribution in [3.05, 3.63) is 29.3 Å². The maximum atomic E-state index is 12.0. The molecule has 1 aliphatic carbocycles. The first-order valence-corrected chi connectivity index (χ1v) is 8.53. The molecule has 6 heteroatoms. The number of nitrogens with one attached hydrogen (secondary N) is 2. The van der Waals surface area contributed by atoms with Crippen molar-refractivity contribution < 1.29 is 14.3 Å². The summed E-state index contributed by atoms with van der Waals surface area (Å²) in [4.78, 5) is 23.2. The second-order valence-corrected chi connectivity index (χ2v) is 6.87. The van der Waals surface area contributed by atoms with E-state index in [-0.39, 0.29) is 11.1 Å². The van der Waals surface area contributed by atoms with E-state index in [9.17, 15) is 9.59 Å². The molecule has 0 aromatic heterocycles. The van der Waals surface area contributed by atoms with Crippen LogP contribution in [-0.2, 0) is 11.3 Å². The van der Waals surface area contributed by atoms with Gasteiger partial charge in [0.1, 0.15) is 11.8 Å². The van der Waals surface area contributed by atoms with Gasteiger partial charge in [-0.25, -0.2) is 0 Å². The zero-order valence-corrected chi connectivity index (χ0v) is 13.4. The monoisotopic (exact) mass is 320 g/mol. The predicted molar refractivity (Wildman–Crippen MR) is 86.0 cm³/mol. The van der Waals surface area contributed by atoms with Gasteiger partial charge in [-0.1, -0.05) is 23.9 Å². The van der Waals surface area contributed by atoms with Gasteiger partial charge in [-0.15, -0.1) is 0 Å². The van der Waals surface area contributed by atoms with Gasteiger partial charge in [0, 0.05) is 17.9 Å². The first-order valence-electron chi connectivity index (χ1n) is 7.55. The lowest BCUT2D eigenvalue weighted by Crippen LogP contribution is -2.42. The molecule has 2 aliphatic rings. The van der Waals surface area contributed by atoms with Crippen molar-refractivity contribution in [2.75, 3.05) is 12.4 Å². The third-order valence-electron chi connectivity index (χ3n) is 3.84. The molecule has 0 spiro atoms. The summed E-state index contributed by atoms with van der Waals surface area (Å²) >= 11 is 1.14. The van der Waals surface area contributed by atoms with E-state index in [4.69, 9.17) is 4.74 Å². The first-order chi connectivity index (χ1) is 10.6. The standard InChI is InChI=1S/C16H20N2O3S/c1-10-2-5-12(14(6-10)21-8-11-3-4-11)7-17-15(19)13-9-22-16(20)18-13/h2,5-6,11,13H,3-4,7-9H2,1H3,(H,17,19)(H,18,20)/t13-/m0/s1. The van der Waals surface area contributed by atoms with E-state index in [1.54, 1.807) is 0 Å². The van der Waals surface area contributed by atoms with Crippen molar-refractivity contribution >= 4 is 22.9 Å². The average Bonchev–Trinajstić information content (AvgIpc) is 3.23. The van der Waals surface area contributed by atoms with Crippen LogP contribution in [-0.4, -0.2) is 29.5 Å². The Morgan fingerprint density at radius 1 is 1.45 bits per heavy atom. The SMILES string of the molecule is Cc1ccc(CNC(=O)[C@@H]2CSC(=O)N2)c(OCC2CC2)c1. The highest BCUT2D eigenvalue weighted by Gasteiger charge is 2.28. The van der Waals surface area contributed by atoms with Crippen LogP contribution in [0.5, 0.6) is 5.75 Å². The highest BCUT2D eigenvalue weighted by Crippen LogP contribution is 2.30. The number of carbonyl (C=O) groups is 2. The van der Waals surface area contributed by atoms with E-state index in [0.29, 0.717) is 18.2 Å². The van der Waals surface area contributed by atoms with E-state index >= 15 is 0 Å². The van der Waals surface area contributed by atoms with E-state index in [1.807, 2.05) is 25.1 Å². The van der Waals surface area contributed by atoms with Crippen LogP contribution >= 0.6 is 11.8 Å². The topological polar surface area (TPSA) is 67.4 Å². The summed E-state index contributed by atoms with van der Waals surface area (Å²) in [5, 5.41) is 5.39. The van der Waals surface area contributed by atoms with Crippen molar-refractivity contribution in [2.45, 2.75) is 32.4 Å². The summed E-state index contributed by atoms with van der Waals surface area (Å²) < 4.78 is 5.89. The Kier molecular flexibility index (Phi) is 4.57. The molecule has 118 valence electrons. The van der Waals surface area contributed by atoms with E-state index in [0.717, 1.165) is 35.2 Å². The van der Waals surface area contributed by atoms with Gasteiger partial charge in [0.25, 0.3) is 5.24 Å². The molecule has 2 amide bonds. The van der Waals surface area contributed by atoms with Crippen LogP contribution in [0.25, 0.3) is 0 Å². The van der Waals surface area contributed by atoms with Gasteiger partial charge in [-0.3, -0.25) is 9.59 Å². The predicted octanol–water partition coefficient (Wildman–Crippen LogP) is 2.23.